The van der Waals surface area contributed by atoms with E-state index in [1.165, 1.54) is 37.1 Å². The third kappa shape index (κ3) is 6.67. The summed E-state index contributed by atoms with van der Waals surface area (Å²) in [6, 6.07) is 9.92. The number of likely N-dealkylation sites (N-methyl/N-ethyl adjacent to an activating group) is 1. The summed E-state index contributed by atoms with van der Waals surface area (Å²) >= 11 is 0. The monoisotopic (exact) mass is 479 g/mol. The van der Waals surface area contributed by atoms with Gasteiger partial charge in [-0.1, -0.05) is 24.3 Å². The van der Waals surface area contributed by atoms with Crippen molar-refractivity contribution in [3.8, 4) is 5.75 Å². The minimum absolute atomic E-state index is 0.199. The Morgan fingerprint density at radius 1 is 1.18 bits per heavy atom. The van der Waals surface area contributed by atoms with Gasteiger partial charge in [-0.2, -0.15) is 0 Å². The van der Waals surface area contributed by atoms with E-state index in [2.05, 4.69) is 5.32 Å². The number of halogens is 1. The highest BCUT2D eigenvalue weighted by molar-refractivity contribution is 7.92. The molecular formula is C23H30FN3O5S. The first-order valence-corrected chi connectivity index (χ1v) is 12.3. The molecule has 0 aliphatic heterocycles. The van der Waals surface area contributed by atoms with Crippen molar-refractivity contribution < 1.29 is 27.1 Å². The molecule has 33 heavy (non-hydrogen) atoms. The molecule has 1 N–H and O–H groups in total. The first-order chi connectivity index (χ1) is 15.5. The van der Waals surface area contributed by atoms with Crippen molar-refractivity contribution in [3.05, 3.63) is 59.4 Å². The van der Waals surface area contributed by atoms with Gasteiger partial charge in [-0.05, 0) is 44.5 Å². The van der Waals surface area contributed by atoms with E-state index in [4.69, 9.17) is 4.74 Å². The van der Waals surface area contributed by atoms with Gasteiger partial charge in [0, 0.05) is 18.7 Å². The lowest BCUT2D eigenvalue weighted by atomic mass is 10.1. The van der Waals surface area contributed by atoms with E-state index in [9.17, 15) is 22.4 Å². The summed E-state index contributed by atoms with van der Waals surface area (Å²) in [6.45, 7) is 4.60. The maximum Gasteiger partial charge on any atom is 0.244 e. The molecule has 180 valence electrons. The van der Waals surface area contributed by atoms with Gasteiger partial charge in [0.05, 0.1) is 19.1 Å². The molecule has 2 rings (SSSR count). The molecule has 10 heteroatoms. The van der Waals surface area contributed by atoms with E-state index < -0.39 is 40.2 Å². The zero-order chi connectivity index (χ0) is 24.8. The number of ether oxygens (including phenoxy) is 1. The molecule has 0 fully saturated rings. The van der Waals surface area contributed by atoms with Crippen LogP contribution in [0.4, 0.5) is 10.1 Å². The summed E-state index contributed by atoms with van der Waals surface area (Å²) in [5, 5.41) is 2.64. The van der Waals surface area contributed by atoms with E-state index >= 15 is 0 Å². The third-order valence-electron chi connectivity index (χ3n) is 5.10. The Labute approximate surface area is 194 Å². The van der Waals surface area contributed by atoms with Gasteiger partial charge in [0.15, 0.2) is 0 Å². The number of hydrogen-bond donors (Lipinski definition) is 1. The molecule has 0 radical (unpaired) electrons. The third-order valence-corrected chi connectivity index (χ3v) is 6.23. The first-order valence-electron chi connectivity index (χ1n) is 10.4. The summed E-state index contributed by atoms with van der Waals surface area (Å²) in [6.07, 6.45) is 0.983. The van der Waals surface area contributed by atoms with Crippen molar-refractivity contribution in [2.24, 2.45) is 0 Å². The van der Waals surface area contributed by atoms with Gasteiger partial charge in [0.25, 0.3) is 0 Å². The minimum atomic E-state index is -3.90. The number of sulfonamides is 1. The molecule has 0 aromatic heterocycles. The second-order valence-corrected chi connectivity index (χ2v) is 9.54. The number of carbonyl (C=O) groups is 2. The molecule has 0 aliphatic carbocycles. The highest BCUT2D eigenvalue weighted by atomic mass is 32.2. The lowest BCUT2D eigenvalue weighted by molar-refractivity contribution is -0.139. The lowest BCUT2D eigenvalue weighted by Gasteiger charge is -2.32. The van der Waals surface area contributed by atoms with Crippen LogP contribution in [0.2, 0.25) is 0 Å². The van der Waals surface area contributed by atoms with E-state index in [0.29, 0.717) is 6.54 Å². The number of methoxy groups -OCH3 is 1. The van der Waals surface area contributed by atoms with Gasteiger partial charge < -0.3 is 15.0 Å². The molecule has 2 aromatic carbocycles. The molecule has 0 aliphatic rings. The van der Waals surface area contributed by atoms with E-state index in [0.717, 1.165) is 16.1 Å². The Hall–Kier alpha value is -3.14. The Morgan fingerprint density at radius 2 is 1.85 bits per heavy atom. The Morgan fingerprint density at radius 3 is 2.42 bits per heavy atom. The molecule has 1 atom stereocenters. The Bertz CT molecular complexity index is 1110. The minimum Gasteiger partial charge on any atom is -0.495 e. The highest BCUT2D eigenvalue weighted by Crippen LogP contribution is 2.31. The van der Waals surface area contributed by atoms with Gasteiger partial charge in [0.2, 0.25) is 21.8 Å². The van der Waals surface area contributed by atoms with Crippen LogP contribution in [0.5, 0.6) is 5.75 Å². The van der Waals surface area contributed by atoms with Crippen molar-refractivity contribution in [2.75, 3.05) is 30.8 Å². The fourth-order valence-electron chi connectivity index (χ4n) is 3.30. The summed E-state index contributed by atoms with van der Waals surface area (Å²) in [5.41, 5.74) is 1.18. The summed E-state index contributed by atoms with van der Waals surface area (Å²) in [7, 11) is -2.50. The first kappa shape index (κ1) is 26.1. The van der Waals surface area contributed by atoms with Crippen LogP contribution in [0.1, 0.15) is 25.0 Å². The summed E-state index contributed by atoms with van der Waals surface area (Å²) in [5.74, 6) is -1.35. The number of nitrogens with one attached hydrogen (secondary N) is 1. The fraction of sp³-hybridized carbons (Fsp3) is 0.391. The standard InChI is InChI=1S/C23H30FN3O5S/c1-6-25-23(29)17(3)26(14-18-9-7-8-10-19(18)24)22(28)15-27(33(5,30)31)20-13-16(2)11-12-21(20)32-4/h7-13,17H,6,14-15H2,1-5H3,(H,25,29). The number of anilines is 1. The molecule has 2 amide bonds. The van der Waals surface area contributed by atoms with Crippen molar-refractivity contribution in [1.82, 2.24) is 10.2 Å². The molecule has 8 nitrogen and oxygen atoms in total. The molecule has 2 aromatic rings. The topological polar surface area (TPSA) is 96.0 Å². The van der Waals surface area contributed by atoms with Crippen molar-refractivity contribution in [3.63, 3.8) is 0 Å². The second-order valence-electron chi connectivity index (χ2n) is 7.63. The van der Waals surface area contributed by atoms with E-state index in [-0.39, 0.29) is 23.5 Å². The van der Waals surface area contributed by atoms with Gasteiger partial charge in [0.1, 0.15) is 24.2 Å². The average molecular weight is 480 g/mol. The Balaban J connectivity index is 2.47. The molecule has 0 heterocycles. The SMILES string of the molecule is CCNC(=O)C(C)N(Cc1ccccc1F)C(=O)CN(c1cc(C)ccc1OC)S(C)(=O)=O. The lowest BCUT2D eigenvalue weighted by Crippen LogP contribution is -2.51. The van der Waals surface area contributed by atoms with Gasteiger partial charge >= 0.3 is 0 Å². The predicted octanol–water partition coefficient (Wildman–Crippen LogP) is 2.46. The molecule has 0 saturated heterocycles. The van der Waals surface area contributed by atoms with Crippen molar-refractivity contribution in [1.29, 1.82) is 0 Å². The smallest absolute Gasteiger partial charge is 0.244 e. The zero-order valence-electron chi connectivity index (χ0n) is 19.5. The zero-order valence-corrected chi connectivity index (χ0v) is 20.3. The quantitative estimate of drug-likeness (QED) is 0.565. The van der Waals surface area contributed by atoms with Crippen LogP contribution in [0, 0.1) is 12.7 Å². The van der Waals surface area contributed by atoms with Gasteiger partial charge in [-0.15, -0.1) is 0 Å². The number of amides is 2. The Kier molecular flexibility index (Phi) is 8.81. The van der Waals surface area contributed by atoms with Crippen LogP contribution >= 0.6 is 0 Å². The number of rotatable bonds is 10. The molecule has 0 saturated carbocycles. The van der Waals surface area contributed by atoms with Crippen LogP contribution in [0.15, 0.2) is 42.5 Å². The number of benzene rings is 2. The van der Waals surface area contributed by atoms with Crippen molar-refractivity contribution in [2.45, 2.75) is 33.4 Å². The number of carbonyl (C=O) groups excluding carboxylic acids is 2. The molecule has 1 unspecified atom stereocenters. The summed E-state index contributed by atoms with van der Waals surface area (Å²) < 4.78 is 45.9. The van der Waals surface area contributed by atoms with Gasteiger partial charge in [-0.3, -0.25) is 13.9 Å². The normalized spacial score (nSPS) is 12.1. The average Bonchev–Trinajstić information content (AvgIpc) is 2.75. The van der Waals surface area contributed by atoms with Crippen LogP contribution in [-0.4, -0.2) is 57.6 Å². The van der Waals surface area contributed by atoms with Crippen LogP contribution in [0.3, 0.4) is 0 Å². The number of aryl methyl sites for hydroxylation is 1. The molecular weight excluding hydrogens is 449 g/mol. The second kappa shape index (κ2) is 11.1. The van der Waals surface area contributed by atoms with Gasteiger partial charge in [-0.25, -0.2) is 12.8 Å². The van der Waals surface area contributed by atoms with Crippen molar-refractivity contribution >= 4 is 27.5 Å². The van der Waals surface area contributed by atoms with Crippen LogP contribution < -0.4 is 14.4 Å². The fourth-order valence-corrected chi connectivity index (χ4v) is 4.15. The van der Waals surface area contributed by atoms with Crippen LogP contribution in [-0.2, 0) is 26.2 Å². The predicted molar refractivity (Wildman–Crippen MR) is 125 cm³/mol. The summed E-state index contributed by atoms with van der Waals surface area (Å²) in [4.78, 5) is 27.1. The molecule has 0 spiro atoms. The molecule has 0 bridgehead atoms. The maximum atomic E-state index is 14.3. The van der Waals surface area contributed by atoms with E-state index in [1.807, 2.05) is 0 Å². The van der Waals surface area contributed by atoms with Crippen LogP contribution in [0.25, 0.3) is 0 Å². The largest absolute Gasteiger partial charge is 0.495 e. The highest BCUT2D eigenvalue weighted by Gasteiger charge is 2.31. The van der Waals surface area contributed by atoms with E-state index in [1.54, 1.807) is 38.1 Å². The number of hydrogen-bond acceptors (Lipinski definition) is 5. The number of nitrogens with zero attached hydrogens (tertiary/aromatic N) is 2. The maximum absolute atomic E-state index is 14.3.